The van der Waals surface area contributed by atoms with Crippen molar-refractivity contribution in [2.75, 3.05) is 0 Å². The molecule has 0 saturated heterocycles. The number of hydrogen-bond acceptors (Lipinski definition) is 2. The van der Waals surface area contributed by atoms with Crippen LogP contribution in [0.2, 0.25) is 0 Å². The van der Waals surface area contributed by atoms with Crippen molar-refractivity contribution in [1.29, 1.82) is 0 Å². The summed E-state index contributed by atoms with van der Waals surface area (Å²) in [4.78, 5) is 11.3. The average Bonchev–Trinajstić information content (AvgIpc) is 2.39. The minimum atomic E-state index is 0.0781. The van der Waals surface area contributed by atoms with Gasteiger partial charge in [0.1, 0.15) is 12.4 Å². The van der Waals surface area contributed by atoms with Crippen molar-refractivity contribution in [3.63, 3.8) is 0 Å². The SMILES string of the molecule is CC(=O)c1ccc(OCc2c(C)cccc2C)c(C)c1. The van der Waals surface area contributed by atoms with Gasteiger partial charge >= 0.3 is 0 Å². The van der Waals surface area contributed by atoms with E-state index < -0.39 is 0 Å². The number of benzene rings is 2. The van der Waals surface area contributed by atoms with E-state index in [2.05, 4.69) is 32.0 Å². The lowest BCUT2D eigenvalue weighted by Crippen LogP contribution is -2.02. The highest BCUT2D eigenvalue weighted by Gasteiger charge is 2.07. The Kier molecular flexibility index (Phi) is 4.23. The largest absolute Gasteiger partial charge is 0.489 e. The van der Waals surface area contributed by atoms with E-state index in [0.717, 1.165) is 16.9 Å². The Morgan fingerprint density at radius 1 is 1.00 bits per heavy atom. The summed E-state index contributed by atoms with van der Waals surface area (Å²) in [6, 6.07) is 11.8. The van der Waals surface area contributed by atoms with Crippen LogP contribution in [0.5, 0.6) is 5.75 Å². The second-order valence-electron chi connectivity index (χ2n) is 5.20. The molecular weight excluding hydrogens is 248 g/mol. The smallest absolute Gasteiger partial charge is 0.159 e. The highest BCUT2D eigenvalue weighted by atomic mass is 16.5. The summed E-state index contributed by atoms with van der Waals surface area (Å²) < 4.78 is 5.91. The number of rotatable bonds is 4. The van der Waals surface area contributed by atoms with E-state index in [-0.39, 0.29) is 5.78 Å². The molecule has 0 aliphatic heterocycles. The maximum atomic E-state index is 11.3. The number of hydrogen-bond donors (Lipinski definition) is 0. The molecule has 20 heavy (non-hydrogen) atoms. The van der Waals surface area contributed by atoms with E-state index >= 15 is 0 Å². The number of carbonyl (C=O) groups is 1. The number of carbonyl (C=O) groups excluding carboxylic acids is 1. The zero-order valence-electron chi connectivity index (χ0n) is 12.5. The standard InChI is InChI=1S/C18H20O2/c1-12-6-5-7-13(2)17(12)11-20-18-9-8-16(15(4)19)10-14(18)3/h5-10H,11H2,1-4H3. The van der Waals surface area contributed by atoms with Crippen LogP contribution in [0.3, 0.4) is 0 Å². The molecule has 2 rings (SSSR count). The van der Waals surface area contributed by atoms with E-state index in [1.807, 2.05) is 25.1 Å². The molecule has 0 amide bonds. The van der Waals surface area contributed by atoms with Gasteiger partial charge in [0.05, 0.1) is 0 Å². The predicted molar refractivity (Wildman–Crippen MR) is 81.4 cm³/mol. The molecule has 0 N–H and O–H groups in total. The summed E-state index contributed by atoms with van der Waals surface area (Å²) >= 11 is 0. The first-order valence-electron chi connectivity index (χ1n) is 6.78. The number of ether oxygens (including phenoxy) is 1. The van der Waals surface area contributed by atoms with Gasteiger partial charge in [-0.25, -0.2) is 0 Å². The van der Waals surface area contributed by atoms with Crippen molar-refractivity contribution in [2.24, 2.45) is 0 Å². The molecule has 0 fully saturated rings. The average molecular weight is 268 g/mol. The molecule has 2 heteroatoms. The maximum Gasteiger partial charge on any atom is 0.159 e. The van der Waals surface area contributed by atoms with Crippen LogP contribution in [-0.4, -0.2) is 5.78 Å². The summed E-state index contributed by atoms with van der Waals surface area (Å²) in [5.41, 5.74) is 5.42. The molecule has 0 unspecified atom stereocenters. The topological polar surface area (TPSA) is 26.3 Å². The molecule has 0 saturated carbocycles. The van der Waals surface area contributed by atoms with Gasteiger partial charge in [0.25, 0.3) is 0 Å². The van der Waals surface area contributed by atoms with Gasteiger partial charge in [-0.2, -0.15) is 0 Å². The normalized spacial score (nSPS) is 10.4. The van der Waals surface area contributed by atoms with Gasteiger partial charge in [-0.15, -0.1) is 0 Å². The van der Waals surface area contributed by atoms with E-state index in [1.165, 1.54) is 16.7 Å². The molecule has 0 aromatic heterocycles. The summed E-state index contributed by atoms with van der Waals surface area (Å²) in [7, 11) is 0. The van der Waals surface area contributed by atoms with E-state index in [9.17, 15) is 4.79 Å². The van der Waals surface area contributed by atoms with E-state index in [0.29, 0.717) is 6.61 Å². The Bertz CT molecular complexity index is 622. The molecule has 0 atom stereocenters. The van der Waals surface area contributed by atoms with Crippen molar-refractivity contribution in [2.45, 2.75) is 34.3 Å². The number of Topliss-reactive ketones (excluding diaryl/α,β-unsaturated/α-hetero) is 1. The highest BCUT2D eigenvalue weighted by Crippen LogP contribution is 2.22. The first kappa shape index (κ1) is 14.3. The van der Waals surface area contributed by atoms with Gasteiger partial charge in [0, 0.05) is 5.56 Å². The molecular formula is C18H20O2. The number of ketones is 1. The van der Waals surface area contributed by atoms with Crippen molar-refractivity contribution in [3.8, 4) is 5.75 Å². The number of aryl methyl sites for hydroxylation is 3. The fourth-order valence-electron chi connectivity index (χ4n) is 2.26. The van der Waals surface area contributed by atoms with Gasteiger partial charge in [0.2, 0.25) is 0 Å². The molecule has 2 aromatic rings. The zero-order chi connectivity index (χ0) is 14.7. The minimum Gasteiger partial charge on any atom is -0.489 e. The van der Waals surface area contributed by atoms with Crippen LogP contribution >= 0.6 is 0 Å². The Hall–Kier alpha value is -2.09. The van der Waals surface area contributed by atoms with Gasteiger partial charge in [0.15, 0.2) is 5.78 Å². The van der Waals surface area contributed by atoms with Crippen LogP contribution in [0.1, 0.15) is 39.5 Å². The fraction of sp³-hybridized carbons (Fsp3) is 0.278. The molecule has 2 nitrogen and oxygen atoms in total. The van der Waals surface area contributed by atoms with Crippen molar-refractivity contribution < 1.29 is 9.53 Å². The third kappa shape index (κ3) is 3.08. The third-order valence-corrected chi connectivity index (χ3v) is 3.60. The summed E-state index contributed by atoms with van der Waals surface area (Å²) in [6.07, 6.45) is 0. The van der Waals surface area contributed by atoms with Gasteiger partial charge in [-0.05, 0) is 68.1 Å². The molecule has 0 aliphatic rings. The van der Waals surface area contributed by atoms with Crippen molar-refractivity contribution in [1.82, 2.24) is 0 Å². The van der Waals surface area contributed by atoms with Crippen molar-refractivity contribution >= 4 is 5.78 Å². The Balaban J connectivity index is 2.17. The highest BCUT2D eigenvalue weighted by molar-refractivity contribution is 5.94. The van der Waals surface area contributed by atoms with Gasteiger partial charge in [-0.3, -0.25) is 4.79 Å². The maximum absolute atomic E-state index is 11.3. The zero-order valence-corrected chi connectivity index (χ0v) is 12.5. The quantitative estimate of drug-likeness (QED) is 0.768. The molecule has 0 heterocycles. The Labute approximate surface area is 120 Å². The van der Waals surface area contributed by atoms with Crippen LogP contribution in [0, 0.1) is 20.8 Å². The van der Waals surface area contributed by atoms with Gasteiger partial charge < -0.3 is 4.74 Å². The van der Waals surface area contributed by atoms with Crippen LogP contribution < -0.4 is 4.74 Å². The fourth-order valence-corrected chi connectivity index (χ4v) is 2.26. The lowest BCUT2D eigenvalue weighted by molar-refractivity contribution is 0.101. The first-order valence-corrected chi connectivity index (χ1v) is 6.78. The van der Waals surface area contributed by atoms with Crippen LogP contribution in [0.15, 0.2) is 36.4 Å². The summed E-state index contributed by atoms with van der Waals surface area (Å²) in [5.74, 6) is 0.909. The van der Waals surface area contributed by atoms with Crippen LogP contribution in [0.4, 0.5) is 0 Å². The molecule has 0 spiro atoms. The molecule has 2 aromatic carbocycles. The first-order chi connectivity index (χ1) is 9.49. The van der Waals surface area contributed by atoms with Gasteiger partial charge in [-0.1, -0.05) is 18.2 Å². The monoisotopic (exact) mass is 268 g/mol. The second-order valence-corrected chi connectivity index (χ2v) is 5.20. The molecule has 0 aliphatic carbocycles. The Morgan fingerprint density at radius 2 is 1.65 bits per heavy atom. The lowest BCUT2D eigenvalue weighted by atomic mass is 10.0. The third-order valence-electron chi connectivity index (χ3n) is 3.60. The lowest BCUT2D eigenvalue weighted by Gasteiger charge is -2.13. The van der Waals surface area contributed by atoms with Crippen LogP contribution in [0.25, 0.3) is 0 Å². The van der Waals surface area contributed by atoms with E-state index in [4.69, 9.17) is 4.74 Å². The molecule has 0 radical (unpaired) electrons. The predicted octanol–water partition coefficient (Wildman–Crippen LogP) is 4.39. The molecule has 104 valence electrons. The van der Waals surface area contributed by atoms with E-state index in [1.54, 1.807) is 6.92 Å². The minimum absolute atomic E-state index is 0.0781. The Morgan fingerprint density at radius 3 is 2.20 bits per heavy atom. The summed E-state index contributed by atoms with van der Waals surface area (Å²) in [6.45, 7) is 8.28. The summed E-state index contributed by atoms with van der Waals surface area (Å²) in [5, 5.41) is 0. The second kappa shape index (κ2) is 5.91. The van der Waals surface area contributed by atoms with Crippen LogP contribution in [-0.2, 0) is 6.61 Å². The molecule has 0 bridgehead atoms. The van der Waals surface area contributed by atoms with Crippen molar-refractivity contribution in [3.05, 3.63) is 64.2 Å².